The van der Waals surface area contributed by atoms with Crippen LogP contribution >= 0.6 is 0 Å². The molecule has 30 heavy (non-hydrogen) atoms. The number of nitrogens with zero attached hydrogens (tertiary/aromatic N) is 3. The van der Waals surface area contributed by atoms with Crippen LogP contribution in [-0.2, 0) is 12.6 Å². The van der Waals surface area contributed by atoms with Gasteiger partial charge in [0.2, 0.25) is 0 Å². The summed E-state index contributed by atoms with van der Waals surface area (Å²) in [5.74, 6) is 0.467. The number of nitrogens with one attached hydrogen (secondary N) is 1. The summed E-state index contributed by atoms with van der Waals surface area (Å²) in [6, 6.07) is 10.0. The average Bonchev–Trinajstić information content (AvgIpc) is 2.72. The van der Waals surface area contributed by atoms with Gasteiger partial charge in [-0.15, -0.1) is 0 Å². The number of pyridine rings is 2. The molecule has 0 saturated carbocycles. The van der Waals surface area contributed by atoms with Gasteiger partial charge < -0.3 is 5.32 Å². The van der Waals surface area contributed by atoms with Crippen molar-refractivity contribution in [3.63, 3.8) is 0 Å². The van der Waals surface area contributed by atoms with E-state index < -0.39 is 11.7 Å². The standard InChI is InChI=1S/C22H19F3N4O/c1-14-10-18(13-26-12-14)27-21(30)29-9-3-5-15-7-8-19(28-20(15)29)16-4-2-6-17(11-16)22(23,24)25/h2,4,6-8,10-13H,3,5,9H2,1H3,(H,27,30). The van der Waals surface area contributed by atoms with Gasteiger partial charge >= 0.3 is 12.2 Å². The SMILES string of the molecule is Cc1cncc(NC(=O)N2CCCc3ccc(-c4cccc(C(F)(F)F)c4)nc32)c1. The van der Waals surface area contributed by atoms with Gasteiger partial charge in [-0.25, -0.2) is 9.78 Å². The molecular weight excluding hydrogens is 393 g/mol. The predicted octanol–water partition coefficient (Wildman–Crippen LogP) is 5.46. The molecule has 2 amide bonds. The smallest absolute Gasteiger partial charge is 0.306 e. The lowest BCUT2D eigenvalue weighted by atomic mass is 10.0. The van der Waals surface area contributed by atoms with E-state index in [1.165, 1.54) is 11.0 Å². The number of hydrogen-bond acceptors (Lipinski definition) is 3. The summed E-state index contributed by atoms with van der Waals surface area (Å²) in [5, 5.41) is 2.82. The first-order chi connectivity index (χ1) is 14.3. The number of benzene rings is 1. The molecule has 1 N–H and O–H groups in total. The van der Waals surface area contributed by atoms with E-state index in [4.69, 9.17) is 0 Å². The minimum Gasteiger partial charge on any atom is -0.306 e. The normalized spacial score (nSPS) is 13.7. The number of aromatic nitrogens is 2. The fourth-order valence-electron chi connectivity index (χ4n) is 3.47. The quantitative estimate of drug-likeness (QED) is 0.608. The molecule has 154 valence electrons. The molecule has 8 heteroatoms. The summed E-state index contributed by atoms with van der Waals surface area (Å²) >= 11 is 0. The highest BCUT2D eigenvalue weighted by molar-refractivity contribution is 6.02. The van der Waals surface area contributed by atoms with Gasteiger partial charge in [0.1, 0.15) is 5.82 Å². The van der Waals surface area contributed by atoms with Gasteiger partial charge in [-0.05, 0) is 55.2 Å². The maximum Gasteiger partial charge on any atom is 0.416 e. The minimum atomic E-state index is -4.43. The van der Waals surface area contributed by atoms with Gasteiger partial charge in [0.25, 0.3) is 0 Å². The first-order valence-corrected chi connectivity index (χ1v) is 9.49. The molecule has 0 unspecified atom stereocenters. The summed E-state index contributed by atoms with van der Waals surface area (Å²) in [7, 11) is 0. The zero-order chi connectivity index (χ0) is 21.3. The number of hydrogen-bond donors (Lipinski definition) is 1. The number of alkyl halides is 3. The molecule has 1 aromatic carbocycles. The molecule has 1 aliphatic rings. The average molecular weight is 412 g/mol. The van der Waals surface area contributed by atoms with Crippen molar-refractivity contribution in [3.8, 4) is 11.3 Å². The zero-order valence-corrected chi connectivity index (χ0v) is 16.2. The van der Waals surface area contributed by atoms with E-state index in [1.54, 1.807) is 24.5 Å². The summed E-state index contributed by atoms with van der Waals surface area (Å²) in [4.78, 5) is 23.0. The third-order valence-corrected chi connectivity index (χ3v) is 4.90. The number of carbonyl (C=O) groups excluding carboxylic acids is 1. The number of fused-ring (bicyclic) bond motifs is 1. The highest BCUT2D eigenvalue weighted by Gasteiger charge is 2.31. The molecule has 0 bridgehead atoms. The number of rotatable bonds is 2. The lowest BCUT2D eigenvalue weighted by Crippen LogP contribution is -2.39. The summed E-state index contributed by atoms with van der Waals surface area (Å²) in [5.41, 5.74) is 2.37. The second-order valence-corrected chi connectivity index (χ2v) is 7.19. The van der Waals surface area contributed by atoms with E-state index in [0.29, 0.717) is 29.3 Å². The van der Waals surface area contributed by atoms with Gasteiger partial charge in [0.05, 0.1) is 23.1 Å². The lowest BCUT2D eigenvalue weighted by molar-refractivity contribution is -0.137. The van der Waals surface area contributed by atoms with Crippen molar-refractivity contribution in [2.75, 3.05) is 16.8 Å². The second kappa shape index (κ2) is 7.78. The van der Waals surface area contributed by atoms with Crippen LogP contribution in [0.2, 0.25) is 0 Å². The topological polar surface area (TPSA) is 58.1 Å². The number of halogens is 3. The van der Waals surface area contributed by atoms with Crippen molar-refractivity contribution in [2.24, 2.45) is 0 Å². The van der Waals surface area contributed by atoms with E-state index in [1.807, 2.05) is 19.1 Å². The summed E-state index contributed by atoms with van der Waals surface area (Å²) in [6.07, 6.45) is 0.340. The van der Waals surface area contributed by atoms with Crippen LogP contribution < -0.4 is 10.2 Å². The summed E-state index contributed by atoms with van der Waals surface area (Å²) < 4.78 is 39.2. The Hall–Kier alpha value is -3.42. The van der Waals surface area contributed by atoms with Crippen molar-refractivity contribution in [2.45, 2.75) is 25.9 Å². The van der Waals surface area contributed by atoms with Gasteiger partial charge in [-0.3, -0.25) is 9.88 Å². The maximum absolute atomic E-state index is 13.1. The third kappa shape index (κ3) is 4.12. The first kappa shape index (κ1) is 19.9. The Morgan fingerprint density at radius 1 is 1.13 bits per heavy atom. The van der Waals surface area contributed by atoms with Crippen molar-refractivity contribution < 1.29 is 18.0 Å². The fraction of sp³-hybridized carbons (Fsp3) is 0.227. The van der Waals surface area contributed by atoms with Crippen LogP contribution in [0.4, 0.5) is 29.5 Å². The van der Waals surface area contributed by atoms with Crippen molar-refractivity contribution in [1.29, 1.82) is 0 Å². The predicted molar refractivity (Wildman–Crippen MR) is 108 cm³/mol. The Bertz CT molecular complexity index is 1100. The highest BCUT2D eigenvalue weighted by atomic mass is 19.4. The van der Waals surface area contributed by atoms with E-state index in [2.05, 4.69) is 15.3 Å². The first-order valence-electron chi connectivity index (χ1n) is 9.49. The fourth-order valence-corrected chi connectivity index (χ4v) is 3.47. The molecule has 4 rings (SSSR count). The van der Waals surface area contributed by atoms with Crippen molar-refractivity contribution in [3.05, 3.63) is 71.5 Å². The van der Waals surface area contributed by atoms with E-state index in [9.17, 15) is 18.0 Å². The largest absolute Gasteiger partial charge is 0.416 e. The Morgan fingerprint density at radius 2 is 1.97 bits per heavy atom. The lowest BCUT2D eigenvalue weighted by Gasteiger charge is -2.29. The Kier molecular flexibility index (Phi) is 5.15. The van der Waals surface area contributed by atoms with Crippen LogP contribution in [0.25, 0.3) is 11.3 Å². The molecule has 0 atom stereocenters. The molecule has 0 spiro atoms. The van der Waals surface area contributed by atoms with Crippen LogP contribution in [0.15, 0.2) is 54.9 Å². The number of urea groups is 1. The molecule has 3 heterocycles. The molecule has 0 aliphatic carbocycles. The Balaban J connectivity index is 1.66. The molecular formula is C22H19F3N4O. The van der Waals surface area contributed by atoms with Crippen molar-refractivity contribution in [1.82, 2.24) is 9.97 Å². The number of carbonyl (C=O) groups is 1. The summed E-state index contributed by atoms with van der Waals surface area (Å²) in [6.45, 7) is 2.35. The number of amides is 2. The number of aryl methyl sites for hydroxylation is 2. The van der Waals surface area contributed by atoms with Crippen LogP contribution in [0.3, 0.4) is 0 Å². The maximum atomic E-state index is 13.1. The van der Waals surface area contributed by atoms with Gasteiger partial charge in [-0.1, -0.05) is 18.2 Å². The number of anilines is 2. The molecule has 3 aromatic rings. The van der Waals surface area contributed by atoms with Gasteiger partial charge in [0.15, 0.2) is 0 Å². The van der Waals surface area contributed by atoms with Gasteiger partial charge in [-0.2, -0.15) is 13.2 Å². The molecule has 0 radical (unpaired) electrons. The van der Waals surface area contributed by atoms with Crippen LogP contribution in [0, 0.1) is 6.92 Å². The van der Waals surface area contributed by atoms with E-state index >= 15 is 0 Å². The minimum absolute atomic E-state index is 0.349. The second-order valence-electron chi connectivity index (χ2n) is 7.19. The van der Waals surface area contributed by atoms with Crippen molar-refractivity contribution >= 4 is 17.5 Å². The molecule has 0 saturated heterocycles. The molecule has 1 aliphatic heterocycles. The highest BCUT2D eigenvalue weighted by Crippen LogP contribution is 2.33. The van der Waals surface area contributed by atoms with E-state index in [-0.39, 0.29) is 6.03 Å². The Labute approximate surface area is 171 Å². The monoisotopic (exact) mass is 412 g/mol. The molecule has 5 nitrogen and oxygen atoms in total. The van der Waals surface area contributed by atoms with Crippen LogP contribution in [0.5, 0.6) is 0 Å². The molecule has 0 fully saturated rings. The van der Waals surface area contributed by atoms with Crippen LogP contribution in [0.1, 0.15) is 23.1 Å². The third-order valence-electron chi connectivity index (χ3n) is 4.90. The Morgan fingerprint density at radius 3 is 2.73 bits per heavy atom. The van der Waals surface area contributed by atoms with Gasteiger partial charge in [0, 0.05) is 18.3 Å². The van der Waals surface area contributed by atoms with E-state index in [0.717, 1.165) is 36.1 Å². The zero-order valence-electron chi connectivity index (χ0n) is 16.2. The van der Waals surface area contributed by atoms with Crippen LogP contribution in [-0.4, -0.2) is 22.5 Å². The molecule has 2 aromatic heterocycles.